The minimum absolute atomic E-state index is 0.617. The van der Waals surface area contributed by atoms with Crippen molar-refractivity contribution in [3.63, 3.8) is 0 Å². The van der Waals surface area contributed by atoms with Gasteiger partial charge in [0.05, 0.1) is 7.11 Å². The van der Waals surface area contributed by atoms with E-state index in [2.05, 4.69) is 39.0 Å². The van der Waals surface area contributed by atoms with Gasteiger partial charge in [0.1, 0.15) is 11.6 Å². The number of hydrogen-bond donors (Lipinski definition) is 0. The predicted octanol–water partition coefficient (Wildman–Crippen LogP) is 4.39. The molecule has 3 rings (SSSR count). The van der Waals surface area contributed by atoms with E-state index in [4.69, 9.17) is 9.72 Å². The Hall–Kier alpha value is -1.29. The second-order valence-corrected chi connectivity index (χ2v) is 6.34. The molecule has 1 aliphatic rings. The number of aromatic nitrogens is 1. The molecule has 1 heterocycles. The fourth-order valence-corrected chi connectivity index (χ4v) is 3.64. The molecular weight excluding hydrogens is 328 g/mol. The van der Waals surface area contributed by atoms with Gasteiger partial charge in [0.25, 0.3) is 0 Å². The van der Waals surface area contributed by atoms with E-state index in [9.17, 15) is 0 Å². The van der Waals surface area contributed by atoms with Gasteiger partial charge in [-0.1, -0.05) is 34.8 Å². The molecule has 21 heavy (non-hydrogen) atoms. The summed E-state index contributed by atoms with van der Waals surface area (Å²) in [6.45, 7) is 0.994. The van der Waals surface area contributed by atoms with Gasteiger partial charge in [0.15, 0.2) is 0 Å². The fourth-order valence-electron chi connectivity index (χ4n) is 3.26. The van der Waals surface area contributed by atoms with Gasteiger partial charge in [-0.3, -0.25) is 0 Å². The number of methoxy groups -OCH3 is 1. The summed E-state index contributed by atoms with van der Waals surface area (Å²) in [6, 6.07) is 8.91. The Labute approximate surface area is 134 Å². The van der Waals surface area contributed by atoms with E-state index in [0.717, 1.165) is 23.4 Å². The average molecular weight is 349 g/mol. The number of rotatable bonds is 5. The molecule has 1 aromatic carbocycles. The van der Waals surface area contributed by atoms with Crippen LogP contribution in [0.25, 0.3) is 10.8 Å². The molecule has 1 fully saturated rings. The average Bonchev–Trinajstić information content (AvgIpc) is 3.06. The van der Waals surface area contributed by atoms with Crippen LogP contribution in [0, 0.1) is 0 Å². The number of nitrogens with zero attached hydrogens (tertiary/aromatic N) is 2. The second kappa shape index (κ2) is 6.65. The van der Waals surface area contributed by atoms with Crippen LogP contribution >= 0.6 is 15.9 Å². The molecule has 0 saturated heterocycles. The van der Waals surface area contributed by atoms with Crippen LogP contribution in [0.15, 0.2) is 30.5 Å². The first-order chi connectivity index (χ1) is 10.3. The summed E-state index contributed by atoms with van der Waals surface area (Å²) in [4.78, 5) is 7.17. The predicted molar refractivity (Wildman–Crippen MR) is 91.7 cm³/mol. The Morgan fingerprint density at radius 2 is 2.10 bits per heavy atom. The van der Waals surface area contributed by atoms with Crippen molar-refractivity contribution in [2.75, 3.05) is 23.9 Å². The Morgan fingerprint density at radius 1 is 1.29 bits per heavy atom. The third-order valence-electron chi connectivity index (χ3n) is 4.32. The van der Waals surface area contributed by atoms with Gasteiger partial charge in [-0.15, -0.1) is 0 Å². The van der Waals surface area contributed by atoms with Gasteiger partial charge >= 0.3 is 0 Å². The van der Waals surface area contributed by atoms with E-state index in [0.29, 0.717) is 6.04 Å². The summed E-state index contributed by atoms with van der Waals surface area (Å²) in [5.74, 6) is 1.99. The number of halogens is 1. The number of ether oxygens (including phenoxy) is 1. The summed E-state index contributed by atoms with van der Waals surface area (Å²) < 4.78 is 5.39. The lowest BCUT2D eigenvalue weighted by Crippen LogP contribution is -2.35. The molecule has 0 spiro atoms. The molecule has 0 unspecified atom stereocenters. The maximum Gasteiger partial charge on any atom is 0.136 e. The van der Waals surface area contributed by atoms with E-state index < -0.39 is 0 Å². The third-order valence-corrected chi connectivity index (χ3v) is 4.67. The second-order valence-electron chi connectivity index (χ2n) is 5.54. The maximum absolute atomic E-state index is 5.39. The summed E-state index contributed by atoms with van der Waals surface area (Å²) in [7, 11) is 1.71. The summed E-state index contributed by atoms with van der Waals surface area (Å²) in [5.41, 5.74) is 0. The number of alkyl halides is 1. The smallest absolute Gasteiger partial charge is 0.136 e. The molecule has 1 aromatic heterocycles. The summed E-state index contributed by atoms with van der Waals surface area (Å²) in [5, 5.41) is 3.37. The van der Waals surface area contributed by atoms with Crippen molar-refractivity contribution in [2.45, 2.75) is 31.7 Å². The van der Waals surface area contributed by atoms with E-state index in [1.165, 1.54) is 36.5 Å². The molecule has 0 N–H and O–H groups in total. The Kier molecular flexibility index (Phi) is 4.63. The largest absolute Gasteiger partial charge is 0.497 e. The Morgan fingerprint density at radius 3 is 2.81 bits per heavy atom. The first-order valence-electron chi connectivity index (χ1n) is 7.59. The standard InChI is InChI=1S/C17H21BrN2O/c1-21-15-7-6-13-8-10-19-17(16(13)12-15)20(11-9-18)14-4-2-3-5-14/h6-8,10,12,14H,2-5,9,11H2,1H3. The van der Waals surface area contributed by atoms with Crippen molar-refractivity contribution in [1.29, 1.82) is 0 Å². The van der Waals surface area contributed by atoms with Crippen LogP contribution in [0.1, 0.15) is 25.7 Å². The SMILES string of the molecule is COc1ccc2ccnc(N(CCBr)C3CCCC3)c2c1. The van der Waals surface area contributed by atoms with Crippen molar-refractivity contribution < 1.29 is 4.74 Å². The van der Waals surface area contributed by atoms with Crippen LogP contribution in [0.3, 0.4) is 0 Å². The first-order valence-corrected chi connectivity index (χ1v) is 8.71. The highest BCUT2D eigenvalue weighted by Crippen LogP contribution is 2.33. The molecule has 112 valence electrons. The minimum atomic E-state index is 0.617. The zero-order valence-corrected chi connectivity index (χ0v) is 14.0. The topological polar surface area (TPSA) is 25.4 Å². The van der Waals surface area contributed by atoms with Crippen molar-refractivity contribution in [3.05, 3.63) is 30.5 Å². The normalized spacial score (nSPS) is 15.5. The van der Waals surface area contributed by atoms with E-state index in [-0.39, 0.29) is 0 Å². The summed E-state index contributed by atoms with van der Waals surface area (Å²) >= 11 is 3.59. The van der Waals surface area contributed by atoms with Gasteiger partial charge in [-0.25, -0.2) is 4.98 Å². The molecule has 4 heteroatoms. The van der Waals surface area contributed by atoms with Crippen molar-refractivity contribution in [1.82, 2.24) is 4.98 Å². The van der Waals surface area contributed by atoms with Crippen LogP contribution in [0.4, 0.5) is 5.82 Å². The van der Waals surface area contributed by atoms with Crippen molar-refractivity contribution in [3.8, 4) is 5.75 Å². The first kappa shape index (κ1) is 14.6. The lowest BCUT2D eigenvalue weighted by Gasteiger charge is -2.30. The van der Waals surface area contributed by atoms with Crippen LogP contribution in [-0.2, 0) is 0 Å². The molecule has 1 saturated carbocycles. The molecule has 0 radical (unpaired) electrons. The van der Waals surface area contributed by atoms with Gasteiger partial charge < -0.3 is 9.64 Å². The number of anilines is 1. The van der Waals surface area contributed by atoms with Gasteiger partial charge in [0.2, 0.25) is 0 Å². The van der Waals surface area contributed by atoms with Crippen LogP contribution in [0.5, 0.6) is 5.75 Å². The fraction of sp³-hybridized carbons (Fsp3) is 0.471. The summed E-state index contributed by atoms with van der Waals surface area (Å²) in [6.07, 6.45) is 7.12. The highest BCUT2D eigenvalue weighted by Gasteiger charge is 2.24. The number of pyridine rings is 1. The van der Waals surface area contributed by atoms with Crippen LogP contribution < -0.4 is 9.64 Å². The number of benzene rings is 1. The molecule has 0 bridgehead atoms. The maximum atomic E-state index is 5.39. The molecular formula is C17H21BrN2O. The highest BCUT2D eigenvalue weighted by atomic mass is 79.9. The van der Waals surface area contributed by atoms with E-state index in [1.807, 2.05) is 12.3 Å². The molecule has 1 aliphatic carbocycles. The molecule has 0 atom stereocenters. The van der Waals surface area contributed by atoms with E-state index >= 15 is 0 Å². The number of fused-ring (bicyclic) bond motifs is 1. The van der Waals surface area contributed by atoms with Crippen LogP contribution in [-0.4, -0.2) is 30.0 Å². The van der Waals surface area contributed by atoms with Crippen molar-refractivity contribution >= 4 is 32.5 Å². The Balaban J connectivity index is 2.07. The van der Waals surface area contributed by atoms with Gasteiger partial charge in [-0.05, 0) is 36.4 Å². The number of hydrogen-bond acceptors (Lipinski definition) is 3. The van der Waals surface area contributed by atoms with Crippen LogP contribution in [0.2, 0.25) is 0 Å². The quantitative estimate of drug-likeness (QED) is 0.749. The minimum Gasteiger partial charge on any atom is -0.497 e. The van der Waals surface area contributed by atoms with E-state index in [1.54, 1.807) is 7.11 Å². The zero-order valence-electron chi connectivity index (χ0n) is 12.4. The van der Waals surface area contributed by atoms with Gasteiger partial charge in [0, 0.05) is 29.5 Å². The third kappa shape index (κ3) is 3.00. The highest BCUT2D eigenvalue weighted by molar-refractivity contribution is 9.09. The van der Waals surface area contributed by atoms with Gasteiger partial charge in [-0.2, -0.15) is 0 Å². The van der Waals surface area contributed by atoms with Crippen molar-refractivity contribution in [2.24, 2.45) is 0 Å². The lowest BCUT2D eigenvalue weighted by molar-refractivity contribution is 0.415. The molecule has 3 nitrogen and oxygen atoms in total. The lowest BCUT2D eigenvalue weighted by atomic mass is 10.1. The molecule has 2 aromatic rings. The Bertz CT molecular complexity index is 611. The molecule has 0 amide bonds. The zero-order chi connectivity index (χ0) is 14.7. The monoisotopic (exact) mass is 348 g/mol. The molecule has 0 aliphatic heterocycles.